The Morgan fingerprint density at radius 1 is 0.938 bits per heavy atom. The first kappa shape index (κ1) is 23.6. The molecule has 7 nitrogen and oxygen atoms in total. The number of ether oxygens (including phenoxy) is 3. The monoisotopic (exact) mass is 500 g/mol. The maximum atomic E-state index is 10.8. The maximum absolute atomic E-state index is 10.8. The third-order valence-corrected chi connectivity index (χ3v) is 5.50. The van der Waals surface area contributed by atoms with Crippen LogP contribution in [0.1, 0.15) is 23.6 Å². The predicted molar refractivity (Wildman–Crippen MR) is 126 cm³/mol. The molecule has 0 saturated carbocycles. The van der Waals surface area contributed by atoms with Crippen LogP contribution >= 0.6 is 15.9 Å². The van der Waals surface area contributed by atoms with Gasteiger partial charge in [0.15, 0.2) is 11.5 Å². The van der Waals surface area contributed by atoms with Gasteiger partial charge in [-0.1, -0.05) is 28.1 Å². The second kappa shape index (κ2) is 11.5. The van der Waals surface area contributed by atoms with Crippen LogP contribution < -0.4 is 19.5 Å². The molecule has 0 atom stereocenters. The van der Waals surface area contributed by atoms with E-state index < -0.39 is 4.92 Å². The Morgan fingerprint density at radius 3 is 2.22 bits per heavy atom. The van der Waals surface area contributed by atoms with E-state index in [1.54, 1.807) is 19.2 Å². The number of benzene rings is 3. The molecule has 8 heteroatoms. The number of halogens is 1. The van der Waals surface area contributed by atoms with E-state index in [1.807, 2.05) is 43.3 Å². The second-order valence-electron chi connectivity index (χ2n) is 6.99. The van der Waals surface area contributed by atoms with Gasteiger partial charge in [-0.05, 0) is 60.0 Å². The van der Waals surface area contributed by atoms with Crippen molar-refractivity contribution in [2.75, 3.05) is 13.7 Å². The van der Waals surface area contributed by atoms with Crippen molar-refractivity contribution in [3.05, 3.63) is 91.9 Å². The number of hydrogen-bond acceptors (Lipinski definition) is 6. The predicted octanol–water partition coefficient (Wildman–Crippen LogP) is 5.63. The summed E-state index contributed by atoms with van der Waals surface area (Å²) in [6.45, 7) is 4.08. The van der Waals surface area contributed by atoms with Crippen LogP contribution in [0, 0.1) is 10.1 Å². The first-order valence-corrected chi connectivity index (χ1v) is 10.9. The summed E-state index contributed by atoms with van der Waals surface area (Å²) in [6.07, 6.45) is 0. The number of rotatable bonds is 11. The molecule has 0 fully saturated rings. The van der Waals surface area contributed by atoms with Crippen LogP contribution in [-0.2, 0) is 19.7 Å². The fraction of sp³-hybridized carbons (Fsp3) is 0.250. The molecule has 0 amide bonds. The zero-order valence-corrected chi connectivity index (χ0v) is 19.6. The fourth-order valence-corrected chi connectivity index (χ4v) is 3.52. The van der Waals surface area contributed by atoms with E-state index in [4.69, 9.17) is 14.2 Å². The summed E-state index contributed by atoms with van der Waals surface area (Å²) >= 11 is 3.62. The molecule has 32 heavy (non-hydrogen) atoms. The fourth-order valence-electron chi connectivity index (χ4n) is 3.05. The highest BCUT2D eigenvalue weighted by molar-refractivity contribution is 9.10. The number of nitrogens with zero attached hydrogens (tertiary/aromatic N) is 1. The van der Waals surface area contributed by atoms with Gasteiger partial charge < -0.3 is 19.5 Å². The molecule has 0 spiro atoms. The summed E-state index contributed by atoms with van der Waals surface area (Å²) in [5, 5.41) is 14.2. The molecule has 0 radical (unpaired) electrons. The van der Waals surface area contributed by atoms with Crippen LogP contribution in [0.25, 0.3) is 0 Å². The van der Waals surface area contributed by atoms with Crippen LogP contribution in [0.2, 0.25) is 0 Å². The van der Waals surface area contributed by atoms with Crippen molar-refractivity contribution < 1.29 is 19.1 Å². The van der Waals surface area contributed by atoms with Gasteiger partial charge in [0.05, 0.1) is 18.6 Å². The highest BCUT2D eigenvalue weighted by Crippen LogP contribution is 2.34. The van der Waals surface area contributed by atoms with Crippen molar-refractivity contribution in [2.24, 2.45) is 0 Å². The minimum Gasteiger partial charge on any atom is -0.497 e. The quantitative estimate of drug-likeness (QED) is 0.271. The zero-order valence-electron chi connectivity index (χ0n) is 18.0. The number of nitrogens with one attached hydrogen (secondary N) is 1. The van der Waals surface area contributed by atoms with Gasteiger partial charge in [0.25, 0.3) is 5.69 Å². The van der Waals surface area contributed by atoms with Gasteiger partial charge in [-0.3, -0.25) is 10.1 Å². The summed E-state index contributed by atoms with van der Waals surface area (Å²) < 4.78 is 17.8. The number of methoxy groups -OCH3 is 1. The standard InChI is InChI=1S/C24H25BrN2O5/c1-3-31-23-12-19(15-26-14-17-6-10-21(30-2)11-7-17)22(25)13-24(23)32-16-18-4-8-20(9-5-18)27(28)29/h4-13,26H,3,14-16H2,1-2H3. The molecule has 0 bridgehead atoms. The molecule has 0 unspecified atom stereocenters. The highest BCUT2D eigenvalue weighted by atomic mass is 79.9. The van der Waals surface area contributed by atoms with E-state index in [1.165, 1.54) is 12.1 Å². The molecular weight excluding hydrogens is 476 g/mol. The van der Waals surface area contributed by atoms with E-state index in [0.717, 1.165) is 33.5 Å². The van der Waals surface area contributed by atoms with E-state index in [-0.39, 0.29) is 12.3 Å². The lowest BCUT2D eigenvalue weighted by molar-refractivity contribution is -0.384. The Kier molecular flexibility index (Phi) is 8.47. The van der Waals surface area contributed by atoms with Gasteiger partial charge in [0.1, 0.15) is 12.4 Å². The second-order valence-corrected chi connectivity index (χ2v) is 7.84. The Balaban J connectivity index is 1.64. The molecule has 0 saturated heterocycles. The molecule has 0 aromatic heterocycles. The Labute approximate surface area is 195 Å². The van der Waals surface area contributed by atoms with Crippen molar-refractivity contribution in [1.29, 1.82) is 0 Å². The normalized spacial score (nSPS) is 10.6. The van der Waals surface area contributed by atoms with Crippen molar-refractivity contribution >= 4 is 21.6 Å². The van der Waals surface area contributed by atoms with Crippen LogP contribution in [0.3, 0.4) is 0 Å². The summed E-state index contributed by atoms with van der Waals surface area (Å²) in [6, 6.07) is 18.1. The molecular formula is C24H25BrN2O5. The van der Waals surface area contributed by atoms with Gasteiger partial charge in [-0.25, -0.2) is 0 Å². The van der Waals surface area contributed by atoms with E-state index in [2.05, 4.69) is 21.2 Å². The van der Waals surface area contributed by atoms with Crippen molar-refractivity contribution in [3.63, 3.8) is 0 Å². The number of nitro groups is 1. The Bertz CT molecular complexity index is 1040. The number of nitro benzene ring substituents is 1. The molecule has 0 aliphatic heterocycles. The van der Waals surface area contributed by atoms with E-state index in [0.29, 0.717) is 24.7 Å². The minimum absolute atomic E-state index is 0.0537. The molecule has 0 aliphatic rings. The first-order valence-electron chi connectivity index (χ1n) is 10.1. The minimum atomic E-state index is -0.420. The Hall–Kier alpha value is -3.10. The maximum Gasteiger partial charge on any atom is 0.269 e. The SMILES string of the molecule is CCOc1cc(CNCc2ccc(OC)cc2)c(Br)cc1OCc1ccc([N+](=O)[O-])cc1. The van der Waals surface area contributed by atoms with Gasteiger partial charge >= 0.3 is 0 Å². The molecule has 0 aliphatic carbocycles. The molecule has 3 rings (SSSR count). The van der Waals surface area contributed by atoms with Crippen LogP contribution in [-0.4, -0.2) is 18.6 Å². The molecule has 1 N–H and O–H groups in total. The zero-order chi connectivity index (χ0) is 22.9. The summed E-state index contributed by atoms with van der Waals surface area (Å²) in [7, 11) is 1.65. The number of hydrogen-bond donors (Lipinski definition) is 1. The van der Waals surface area contributed by atoms with Gasteiger partial charge in [0, 0.05) is 29.7 Å². The third kappa shape index (κ3) is 6.45. The van der Waals surface area contributed by atoms with Crippen LogP contribution in [0.15, 0.2) is 65.1 Å². The summed E-state index contributed by atoms with van der Waals surface area (Å²) in [5.41, 5.74) is 3.09. The smallest absolute Gasteiger partial charge is 0.269 e. The highest BCUT2D eigenvalue weighted by Gasteiger charge is 2.12. The Morgan fingerprint density at radius 2 is 1.59 bits per heavy atom. The third-order valence-electron chi connectivity index (χ3n) is 4.76. The van der Waals surface area contributed by atoms with Crippen molar-refractivity contribution in [2.45, 2.75) is 26.6 Å². The largest absolute Gasteiger partial charge is 0.497 e. The van der Waals surface area contributed by atoms with Crippen molar-refractivity contribution in [1.82, 2.24) is 5.32 Å². The molecule has 168 valence electrons. The van der Waals surface area contributed by atoms with Gasteiger partial charge in [-0.15, -0.1) is 0 Å². The summed E-state index contributed by atoms with van der Waals surface area (Å²) in [5.74, 6) is 2.09. The molecule has 3 aromatic rings. The lowest BCUT2D eigenvalue weighted by Gasteiger charge is -2.15. The lowest BCUT2D eigenvalue weighted by Crippen LogP contribution is -2.13. The average Bonchev–Trinajstić information content (AvgIpc) is 2.80. The average molecular weight is 501 g/mol. The summed E-state index contributed by atoms with van der Waals surface area (Å²) in [4.78, 5) is 10.4. The molecule has 0 heterocycles. The van der Waals surface area contributed by atoms with E-state index >= 15 is 0 Å². The van der Waals surface area contributed by atoms with Crippen molar-refractivity contribution in [3.8, 4) is 17.2 Å². The van der Waals surface area contributed by atoms with Gasteiger partial charge in [0.2, 0.25) is 0 Å². The van der Waals surface area contributed by atoms with E-state index in [9.17, 15) is 10.1 Å². The lowest BCUT2D eigenvalue weighted by atomic mass is 10.1. The topological polar surface area (TPSA) is 82.9 Å². The first-order chi connectivity index (χ1) is 15.5. The van der Waals surface area contributed by atoms with Gasteiger partial charge in [-0.2, -0.15) is 0 Å². The van der Waals surface area contributed by atoms with Crippen LogP contribution in [0.4, 0.5) is 5.69 Å². The van der Waals surface area contributed by atoms with Crippen LogP contribution in [0.5, 0.6) is 17.2 Å². The number of non-ortho nitro benzene ring substituents is 1. The molecule has 3 aromatic carbocycles.